The van der Waals surface area contributed by atoms with E-state index >= 15 is 0 Å². The van der Waals surface area contributed by atoms with Gasteiger partial charge in [0.1, 0.15) is 11.0 Å². The van der Waals surface area contributed by atoms with Gasteiger partial charge in [-0.25, -0.2) is 9.97 Å². The Bertz CT molecular complexity index is 369. The Morgan fingerprint density at radius 1 is 1.59 bits per heavy atom. The Hall–Kier alpha value is -0.750. The van der Waals surface area contributed by atoms with E-state index in [0.29, 0.717) is 30.7 Å². The molecule has 17 heavy (non-hydrogen) atoms. The molecule has 0 bridgehead atoms. The normalized spacial score (nSPS) is 21.7. The van der Waals surface area contributed by atoms with Gasteiger partial charge in [0.05, 0.1) is 32.4 Å². The van der Waals surface area contributed by atoms with E-state index in [4.69, 9.17) is 16.3 Å². The number of aliphatic hydroxyl groups is 1. The van der Waals surface area contributed by atoms with Crippen molar-refractivity contribution in [2.45, 2.75) is 19.5 Å². The maximum absolute atomic E-state index is 9.26. The van der Waals surface area contributed by atoms with Crippen molar-refractivity contribution in [2.75, 3.05) is 26.4 Å². The molecule has 1 aliphatic rings. The molecule has 1 aromatic rings. The highest BCUT2D eigenvalue weighted by Gasteiger charge is 2.23. The zero-order valence-electron chi connectivity index (χ0n) is 9.77. The first-order valence-corrected chi connectivity index (χ1v) is 5.99. The summed E-state index contributed by atoms with van der Waals surface area (Å²) in [5, 5.41) is 9.72. The van der Waals surface area contributed by atoms with Crippen LogP contribution in [0.25, 0.3) is 0 Å². The first-order valence-electron chi connectivity index (χ1n) is 5.62. The van der Waals surface area contributed by atoms with Crippen LogP contribution in [-0.4, -0.2) is 52.4 Å². The number of hydrogen-bond acceptors (Lipinski definition) is 5. The van der Waals surface area contributed by atoms with Crippen molar-refractivity contribution in [2.24, 2.45) is 0 Å². The predicted molar refractivity (Wildman–Crippen MR) is 63.9 cm³/mol. The van der Waals surface area contributed by atoms with Crippen molar-refractivity contribution in [3.8, 4) is 0 Å². The number of aromatic nitrogens is 2. The van der Waals surface area contributed by atoms with Crippen LogP contribution in [0.4, 0.5) is 0 Å². The topological polar surface area (TPSA) is 58.5 Å². The fourth-order valence-electron chi connectivity index (χ4n) is 1.91. The van der Waals surface area contributed by atoms with E-state index in [1.807, 2.05) is 6.92 Å². The van der Waals surface area contributed by atoms with Gasteiger partial charge < -0.3 is 9.84 Å². The van der Waals surface area contributed by atoms with E-state index in [9.17, 15) is 5.11 Å². The summed E-state index contributed by atoms with van der Waals surface area (Å²) < 4.78 is 5.32. The standard InChI is InChI=1S/C11H16ClN3O2/c1-8-4-10(12)14-11(13-8)5-15-2-3-17-7-9(15)6-16/h4,9,16H,2-3,5-7H2,1H3. The molecule has 0 spiro atoms. The smallest absolute Gasteiger partial charge is 0.144 e. The molecular weight excluding hydrogens is 242 g/mol. The van der Waals surface area contributed by atoms with Crippen LogP contribution in [0.2, 0.25) is 5.15 Å². The van der Waals surface area contributed by atoms with Gasteiger partial charge in [0, 0.05) is 12.2 Å². The lowest BCUT2D eigenvalue weighted by Crippen LogP contribution is -2.47. The van der Waals surface area contributed by atoms with Gasteiger partial charge in [-0.15, -0.1) is 0 Å². The number of ether oxygens (including phenoxy) is 1. The first kappa shape index (κ1) is 12.7. The van der Waals surface area contributed by atoms with Gasteiger partial charge in [-0.1, -0.05) is 11.6 Å². The van der Waals surface area contributed by atoms with E-state index in [1.54, 1.807) is 6.07 Å². The molecule has 1 N–H and O–H groups in total. The van der Waals surface area contributed by atoms with Crippen LogP contribution in [0.3, 0.4) is 0 Å². The van der Waals surface area contributed by atoms with Gasteiger partial charge in [0.15, 0.2) is 0 Å². The lowest BCUT2D eigenvalue weighted by molar-refractivity contribution is -0.0322. The minimum atomic E-state index is 0.0200. The van der Waals surface area contributed by atoms with Crippen LogP contribution in [0.5, 0.6) is 0 Å². The summed E-state index contributed by atoms with van der Waals surface area (Å²) >= 11 is 5.89. The van der Waals surface area contributed by atoms with Crippen LogP contribution >= 0.6 is 11.6 Å². The van der Waals surface area contributed by atoms with Crippen molar-refractivity contribution in [3.05, 3.63) is 22.7 Å². The van der Waals surface area contributed by atoms with E-state index in [-0.39, 0.29) is 12.6 Å². The van der Waals surface area contributed by atoms with Gasteiger partial charge >= 0.3 is 0 Å². The van der Waals surface area contributed by atoms with Gasteiger partial charge in [0.25, 0.3) is 0 Å². The Morgan fingerprint density at radius 2 is 2.41 bits per heavy atom. The SMILES string of the molecule is Cc1cc(Cl)nc(CN2CCOCC2CO)n1. The van der Waals surface area contributed by atoms with Gasteiger partial charge in [-0.2, -0.15) is 0 Å². The van der Waals surface area contributed by atoms with Crippen LogP contribution in [0.15, 0.2) is 6.07 Å². The van der Waals surface area contributed by atoms with Crippen molar-refractivity contribution >= 4 is 11.6 Å². The highest BCUT2D eigenvalue weighted by Crippen LogP contribution is 2.12. The highest BCUT2D eigenvalue weighted by atomic mass is 35.5. The molecule has 0 saturated carbocycles. The number of nitrogens with zero attached hydrogens (tertiary/aromatic N) is 3. The second-order valence-corrected chi connectivity index (χ2v) is 4.52. The van der Waals surface area contributed by atoms with E-state index in [0.717, 1.165) is 12.2 Å². The summed E-state index contributed by atoms with van der Waals surface area (Å²) in [4.78, 5) is 10.6. The molecule has 1 aromatic heterocycles. The molecule has 0 aliphatic carbocycles. The number of rotatable bonds is 3. The third-order valence-corrected chi connectivity index (χ3v) is 2.97. The molecule has 2 rings (SSSR count). The minimum absolute atomic E-state index is 0.0200. The highest BCUT2D eigenvalue weighted by molar-refractivity contribution is 6.29. The zero-order valence-corrected chi connectivity index (χ0v) is 10.5. The molecule has 1 saturated heterocycles. The third kappa shape index (κ3) is 3.35. The predicted octanol–water partition coefficient (Wildman–Crippen LogP) is 0.632. The number of aryl methyl sites for hydroxylation is 1. The monoisotopic (exact) mass is 257 g/mol. The lowest BCUT2D eigenvalue weighted by atomic mass is 10.2. The average molecular weight is 258 g/mol. The largest absolute Gasteiger partial charge is 0.395 e. The molecule has 0 radical (unpaired) electrons. The van der Waals surface area contributed by atoms with Crippen molar-refractivity contribution in [1.82, 2.24) is 14.9 Å². The number of aliphatic hydroxyl groups excluding tert-OH is 1. The fourth-order valence-corrected chi connectivity index (χ4v) is 2.16. The summed E-state index contributed by atoms with van der Waals surface area (Å²) in [7, 11) is 0. The molecule has 1 atom stereocenters. The molecule has 1 unspecified atom stereocenters. The summed E-state index contributed by atoms with van der Waals surface area (Å²) in [6.45, 7) is 4.57. The van der Waals surface area contributed by atoms with Crippen molar-refractivity contribution in [1.29, 1.82) is 0 Å². The van der Waals surface area contributed by atoms with Crippen LogP contribution in [0, 0.1) is 6.92 Å². The van der Waals surface area contributed by atoms with Gasteiger partial charge in [0.2, 0.25) is 0 Å². The average Bonchev–Trinajstić information content (AvgIpc) is 2.28. The molecule has 5 nitrogen and oxygen atoms in total. The summed E-state index contributed by atoms with van der Waals surface area (Å²) in [5.41, 5.74) is 0.855. The lowest BCUT2D eigenvalue weighted by Gasteiger charge is -2.33. The molecule has 94 valence electrons. The number of halogens is 1. The Kier molecular flexibility index (Phi) is 4.28. The second-order valence-electron chi connectivity index (χ2n) is 4.13. The molecule has 1 fully saturated rings. The maximum Gasteiger partial charge on any atom is 0.144 e. The van der Waals surface area contributed by atoms with Crippen LogP contribution < -0.4 is 0 Å². The quantitative estimate of drug-likeness (QED) is 0.805. The Balaban J connectivity index is 2.08. The molecule has 6 heteroatoms. The minimum Gasteiger partial charge on any atom is -0.395 e. The van der Waals surface area contributed by atoms with Gasteiger partial charge in [-0.3, -0.25) is 4.90 Å². The Labute approximate surface area is 105 Å². The Morgan fingerprint density at radius 3 is 3.12 bits per heavy atom. The second kappa shape index (κ2) is 5.73. The number of morpholine rings is 1. The fraction of sp³-hybridized carbons (Fsp3) is 0.636. The molecule has 2 heterocycles. The molecular formula is C11H16ClN3O2. The van der Waals surface area contributed by atoms with Gasteiger partial charge in [-0.05, 0) is 13.0 Å². The van der Waals surface area contributed by atoms with E-state index in [2.05, 4.69) is 14.9 Å². The molecule has 0 amide bonds. The zero-order chi connectivity index (χ0) is 12.3. The third-order valence-electron chi connectivity index (χ3n) is 2.77. The maximum atomic E-state index is 9.26. The summed E-state index contributed by atoms with van der Waals surface area (Å²) in [5.74, 6) is 0.690. The van der Waals surface area contributed by atoms with Crippen molar-refractivity contribution in [3.63, 3.8) is 0 Å². The first-order chi connectivity index (χ1) is 8.19. The van der Waals surface area contributed by atoms with Crippen molar-refractivity contribution < 1.29 is 9.84 Å². The van der Waals surface area contributed by atoms with E-state index < -0.39 is 0 Å². The summed E-state index contributed by atoms with van der Waals surface area (Å²) in [6, 6.07) is 1.75. The number of hydrogen-bond donors (Lipinski definition) is 1. The van der Waals surface area contributed by atoms with Crippen LogP contribution in [0.1, 0.15) is 11.5 Å². The molecule has 0 aromatic carbocycles. The van der Waals surface area contributed by atoms with E-state index in [1.165, 1.54) is 0 Å². The molecule has 1 aliphatic heterocycles. The van der Waals surface area contributed by atoms with Crippen LogP contribution in [-0.2, 0) is 11.3 Å². The summed E-state index contributed by atoms with van der Waals surface area (Å²) in [6.07, 6.45) is 0.